The van der Waals surface area contributed by atoms with Gasteiger partial charge in [0.15, 0.2) is 0 Å². The van der Waals surface area contributed by atoms with Gasteiger partial charge < -0.3 is 15.4 Å². The van der Waals surface area contributed by atoms with Gasteiger partial charge in [0.25, 0.3) is 5.91 Å². The topological polar surface area (TPSA) is 89.0 Å². The molecule has 1 unspecified atom stereocenters. The number of nitrogens with one attached hydrogen (secondary N) is 2. The van der Waals surface area contributed by atoms with Gasteiger partial charge in [0, 0.05) is 47.6 Å². The summed E-state index contributed by atoms with van der Waals surface area (Å²) in [6, 6.07) is 11.9. The summed E-state index contributed by atoms with van der Waals surface area (Å²) in [6.07, 6.45) is 5.50. The number of hydrogen-bond acceptors (Lipinski definition) is 6. The van der Waals surface area contributed by atoms with Crippen LogP contribution in [0, 0.1) is 6.92 Å². The maximum Gasteiger partial charge on any atom is 0.251 e. The number of anilines is 1. The second-order valence-corrected chi connectivity index (χ2v) is 7.96. The molecule has 1 atom stereocenters. The van der Waals surface area contributed by atoms with Gasteiger partial charge in [-0.2, -0.15) is 0 Å². The van der Waals surface area contributed by atoms with Crippen molar-refractivity contribution >= 4 is 11.7 Å². The van der Waals surface area contributed by atoms with Crippen molar-refractivity contribution in [3.63, 3.8) is 0 Å². The van der Waals surface area contributed by atoms with Gasteiger partial charge in [-0.05, 0) is 49.6 Å². The Morgan fingerprint density at radius 3 is 2.71 bits per heavy atom. The zero-order chi connectivity index (χ0) is 21.8. The van der Waals surface area contributed by atoms with Crippen LogP contribution in [-0.2, 0) is 0 Å². The molecule has 2 heterocycles. The number of aromatic nitrogens is 3. The Kier molecular flexibility index (Phi) is 6.11. The zero-order valence-electron chi connectivity index (χ0n) is 18.1. The van der Waals surface area contributed by atoms with Crippen LogP contribution in [0.5, 0.6) is 5.75 Å². The highest BCUT2D eigenvalue weighted by Gasteiger charge is 2.24. The summed E-state index contributed by atoms with van der Waals surface area (Å²) in [5, 5.41) is 6.39. The number of aryl methyl sites for hydroxylation is 1. The molecule has 3 aromatic rings. The van der Waals surface area contributed by atoms with Gasteiger partial charge in [-0.1, -0.05) is 13.0 Å². The first-order valence-electron chi connectivity index (χ1n) is 10.5. The van der Waals surface area contributed by atoms with Gasteiger partial charge >= 0.3 is 0 Å². The summed E-state index contributed by atoms with van der Waals surface area (Å²) in [7, 11) is 1.63. The summed E-state index contributed by atoms with van der Waals surface area (Å²) in [4.78, 5) is 25.3. The number of carbonyl (C=O) groups is 1. The Hall–Kier alpha value is -3.48. The minimum atomic E-state index is -0.0442. The minimum absolute atomic E-state index is 0.0442. The number of carbonyl (C=O) groups excluding carboxylic acids is 1. The molecular weight excluding hydrogens is 390 g/mol. The van der Waals surface area contributed by atoms with Gasteiger partial charge in [-0.3, -0.25) is 9.78 Å². The smallest absolute Gasteiger partial charge is 0.251 e. The van der Waals surface area contributed by atoms with Gasteiger partial charge in [-0.25, -0.2) is 9.97 Å². The molecule has 0 radical (unpaired) electrons. The lowest BCUT2D eigenvalue weighted by Gasteiger charge is -2.18. The maximum absolute atomic E-state index is 12.3. The lowest BCUT2D eigenvalue weighted by atomic mass is 9.98. The van der Waals surface area contributed by atoms with Crippen molar-refractivity contribution in [2.24, 2.45) is 0 Å². The summed E-state index contributed by atoms with van der Waals surface area (Å²) >= 11 is 0. The predicted octanol–water partition coefficient (Wildman–Crippen LogP) is 3.96. The fourth-order valence-electron chi connectivity index (χ4n) is 3.35. The van der Waals surface area contributed by atoms with Crippen LogP contribution in [-0.4, -0.2) is 40.6 Å². The van der Waals surface area contributed by atoms with E-state index < -0.39 is 0 Å². The molecule has 0 aliphatic heterocycles. The third-order valence-corrected chi connectivity index (χ3v) is 5.40. The third-order valence-electron chi connectivity index (χ3n) is 5.40. The normalized spacial score (nSPS) is 14.0. The molecule has 0 saturated heterocycles. The zero-order valence-corrected chi connectivity index (χ0v) is 18.1. The Labute approximate surface area is 182 Å². The van der Waals surface area contributed by atoms with Crippen molar-refractivity contribution in [2.75, 3.05) is 19.0 Å². The predicted molar refractivity (Wildman–Crippen MR) is 120 cm³/mol. The van der Waals surface area contributed by atoms with Crippen LogP contribution in [0.15, 0.2) is 48.9 Å². The molecule has 2 aromatic heterocycles. The van der Waals surface area contributed by atoms with Crippen LogP contribution >= 0.6 is 0 Å². The van der Waals surface area contributed by atoms with Crippen molar-refractivity contribution in [1.82, 2.24) is 20.3 Å². The lowest BCUT2D eigenvalue weighted by molar-refractivity contribution is 0.0950. The van der Waals surface area contributed by atoms with Gasteiger partial charge in [0.05, 0.1) is 12.8 Å². The highest BCUT2D eigenvalue weighted by atomic mass is 16.5. The summed E-state index contributed by atoms with van der Waals surface area (Å²) < 4.78 is 5.58. The quantitative estimate of drug-likeness (QED) is 0.577. The molecule has 7 heteroatoms. The van der Waals surface area contributed by atoms with Crippen LogP contribution in [0.25, 0.3) is 11.3 Å². The van der Waals surface area contributed by atoms with Crippen LogP contribution in [0.4, 0.5) is 5.82 Å². The SMILES string of the molecule is COc1cc(C(=O)NC2CC2)ccc1C(C)CNc1cc(-c2ccc(C)nc2)ncn1. The van der Waals surface area contributed by atoms with E-state index in [1.165, 1.54) is 0 Å². The molecule has 1 amide bonds. The molecule has 0 bridgehead atoms. The van der Waals surface area contributed by atoms with E-state index in [2.05, 4.69) is 32.5 Å². The van der Waals surface area contributed by atoms with Gasteiger partial charge in [0.2, 0.25) is 0 Å². The van der Waals surface area contributed by atoms with E-state index in [1.807, 2.05) is 49.5 Å². The van der Waals surface area contributed by atoms with E-state index in [9.17, 15) is 4.79 Å². The fourth-order valence-corrected chi connectivity index (χ4v) is 3.35. The van der Waals surface area contributed by atoms with Crippen LogP contribution in [0.3, 0.4) is 0 Å². The van der Waals surface area contributed by atoms with E-state index in [4.69, 9.17) is 4.74 Å². The molecule has 0 spiro atoms. The first kappa shape index (κ1) is 20.8. The van der Waals surface area contributed by atoms with E-state index >= 15 is 0 Å². The first-order valence-corrected chi connectivity index (χ1v) is 10.5. The van der Waals surface area contributed by atoms with E-state index in [0.717, 1.165) is 41.2 Å². The summed E-state index contributed by atoms with van der Waals surface area (Å²) in [6.45, 7) is 4.73. The lowest BCUT2D eigenvalue weighted by Crippen LogP contribution is -2.25. The maximum atomic E-state index is 12.3. The number of methoxy groups -OCH3 is 1. The molecule has 1 aromatic carbocycles. The van der Waals surface area contributed by atoms with Crippen molar-refractivity contribution in [2.45, 2.75) is 38.6 Å². The number of amides is 1. The Morgan fingerprint density at radius 2 is 2.00 bits per heavy atom. The minimum Gasteiger partial charge on any atom is -0.496 e. The fraction of sp³-hybridized carbons (Fsp3) is 0.333. The number of rotatable bonds is 8. The average Bonchev–Trinajstić information content (AvgIpc) is 3.61. The number of hydrogen-bond donors (Lipinski definition) is 2. The summed E-state index contributed by atoms with van der Waals surface area (Å²) in [5.74, 6) is 1.57. The first-order chi connectivity index (χ1) is 15.0. The molecule has 2 N–H and O–H groups in total. The third kappa shape index (κ3) is 5.17. The monoisotopic (exact) mass is 417 g/mol. The van der Waals surface area contributed by atoms with Crippen molar-refractivity contribution < 1.29 is 9.53 Å². The molecule has 1 saturated carbocycles. The van der Waals surface area contributed by atoms with E-state index in [0.29, 0.717) is 23.9 Å². The second kappa shape index (κ2) is 9.12. The molecule has 1 fully saturated rings. The molecule has 160 valence electrons. The average molecular weight is 418 g/mol. The van der Waals surface area contributed by atoms with Crippen molar-refractivity contribution in [3.8, 4) is 17.0 Å². The van der Waals surface area contributed by atoms with Crippen molar-refractivity contribution in [3.05, 3.63) is 65.7 Å². The molecule has 7 nitrogen and oxygen atoms in total. The molecule has 31 heavy (non-hydrogen) atoms. The standard InChI is InChI=1S/C24H27N5O2/c1-15(20-9-6-17(10-22(20)31-3)24(30)29-19-7-8-19)12-26-23-11-21(27-14-28-23)18-5-4-16(2)25-13-18/h4-6,9-11,13-15,19H,7-8,12H2,1-3H3,(H,29,30)(H,26,27,28). The molecule has 4 rings (SSSR count). The van der Waals surface area contributed by atoms with E-state index in [-0.39, 0.29) is 11.8 Å². The van der Waals surface area contributed by atoms with Crippen molar-refractivity contribution in [1.29, 1.82) is 0 Å². The van der Waals surface area contributed by atoms with E-state index in [1.54, 1.807) is 13.4 Å². The highest BCUT2D eigenvalue weighted by Crippen LogP contribution is 2.29. The summed E-state index contributed by atoms with van der Waals surface area (Å²) in [5.41, 5.74) is 4.40. The Bertz CT molecular complexity index is 1060. The number of benzene rings is 1. The largest absolute Gasteiger partial charge is 0.496 e. The van der Waals surface area contributed by atoms with Crippen LogP contribution in [0.2, 0.25) is 0 Å². The highest BCUT2D eigenvalue weighted by molar-refractivity contribution is 5.95. The number of ether oxygens (including phenoxy) is 1. The Morgan fingerprint density at radius 1 is 1.16 bits per heavy atom. The van der Waals surface area contributed by atoms with Gasteiger partial charge in [-0.15, -0.1) is 0 Å². The van der Waals surface area contributed by atoms with Crippen LogP contribution in [0.1, 0.15) is 47.3 Å². The van der Waals surface area contributed by atoms with Crippen LogP contribution < -0.4 is 15.4 Å². The Balaban J connectivity index is 1.43. The van der Waals surface area contributed by atoms with Gasteiger partial charge in [0.1, 0.15) is 17.9 Å². The molecular formula is C24H27N5O2. The molecule has 1 aliphatic carbocycles. The number of pyridine rings is 1. The molecule has 1 aliphatic rings. The number of nitrogens with zero attached hydrogens (tertiary/aromatic N) is 3. The second-order valence-electron chi connectivity index (χ2n) is 7.96.